The number of anilines is 3. The maximum Gasteiger partial charge on any atom is 0.490 e. The minimum Gasteiger partial charge on any atom is -0.497 e. The zero-order valence-corrected chi connectivity index (χ0v) is 59.6. The number of aromatic nitrogens is 6. The first kappa shape index (κ1) is 73.6. The molecule has 107 heavy (non-hydrogen) atoms. The third-order valence-electron chi connectivity index (χ3n) is 19.2. The fraction of sp³-hybridized carbons (Fsp3) is 0.210. The van der Waals surface area contributed by atoms with Crippen LogP contribution in [0.25, 0.3) is 32.7 Å². The minimum absolute atomic E-state index is 0.0709. The number of hydrogen-bond acceptors (Lipinski definition) is 14. The molecule has 0 radical (unpaired) electrons. The second-order valence-electron chi connectivity index (χ2n) is 26.3. The number of carbonyl (C=O) groups excluding carboxylic acids is 7. The van der Waals surface area contributed by atoms with Gasteiger partial charge in [-0.05, 0) is 186 Å². The van der Waals surface area contributed by atoms with Gasteiger partial charge in [0.05, 0.1) is 57.7 Å². The number of aryl methyl sites for hydroxylation is 3. The van der Waals surface area contributed by atoms with Crippen LogP contribution >= 0.6 is 0 Å². The Morgan fingerprint density at radius 3 is 0.916 bits per heavy atom. The Morgan fingerprint density at radius 1 is 0.393 bits per heavy atom. The smallest absolute Gasteiger partial charge is 0.490 e. The number of hydrogen-bond donors (Lipinski definition) is 9. The summed E-state index contributed by atoms with van der Waals surface area (Å²) in [6.07, 6.45) is -1.73. The second kappa shape index (κ2) is 29.9. The quantitative estimate of drug-likeness (QED) is 0.0190. The van der Waals surface area contributed by atoms with Crippen LogP contribution in [0.2, 0.25) is 0 Å². The van der Waals surface area contributed by atoms with E-state index in [0.717, 1.165) is 32.7 Å². The lowest BCUT2D eigenvalue weighted by Gasteiger charge is -2.36. The number of ether oxygens (including phenoxy) is 4. The SMILES string of the molecule is COc1ccc2[nH]c(C)c(CC(=O)N[C@@](C)(C(=O)Nc3ccc(C(OC(=O)C(F)(F)F)(c4ccc(NC(=O)[C@](C)(NC(=O)Cc5c(C)[nH]c6ccc(OC)cc56)c5ccccn5)cc4)c4ccc(NC(=O)[C@](C)(NC(=O)Cc5c(C)[nH]c6ccc(OC)cc56)c5ccccn5)cc4)cc3)c3ccccn3)c2c1. The Balaban J connectivity index is 0.892. The van der Waals surface area contributed by atoms with Crippen LogP contribution in [0.15, 0.2) is 201 Å². The van der Waals surface area contributed by atoms with Crippen molar-refractivity contribution in [2.75, 3.05) is 37.3 Å². The monoisotopic (exact) mass is 1450 g/mol. The van der Waals surface area contributed by atoms with Gasteiger partial charge in [0.15, 0.2) is 22.2 Å². The van der Waals surface area contributed by atoms with Crippen LogP contribution in [0.5, 0.6) is 17.2 Å². The van der Waals surface area contributed by atoms with Crippen molar-refractivity contribution in [1.82, 2.24) is 45.9 Å². The van der Waals surface area contributed by atoms with E-state index in [0.29, 0.717) is 51.0 Å². The number of aromatic amines is 3. The van der Waals surface area contributed by atoms with Crippen LogP contribution in [0.1, 0.15) is 88.3 Å². The number of amides is 6. The van der Waals surface area contributed by atoms with E-state index in [9.17, 15) is 33.6 Å². The van der Waals surface area contributed by atoms with Crippen molar-refractivity contribution < 1.29 is 65.7 Å². The third kappa shape index (κ3) is 15.0. The van der Waals surface area contributed by atoms with Gasteiger partial charge in [-0.1, -0.05) is 54.6 Å². The van der Waals surface area contributed by atoms with E-state index in [4.69, 9.17) is 18.9 Å². The average molecular weight is 1450 g/mol. The summed E-state index contributed by atoms with van der Waals surface area (Å²) in [6.45, 7) is 9.89. The highest BCUT2D eigenvalue weighted by Gasteiger charge is 2.50. The first-order valence-corrected chi connectivity index (χ1v) is 33.9. The van der Waals surface area contributed by atoms with Crippen molar-refractivity contribution in [3.05, 3.63) is 268 Å². The Morgan fingerprint density at radius 2 is 0.673 bits per heavy atom. The molecule has 0 aliphatic rings. The molecule has 26 heteroatoms. The second-order valence-corrected chi connectivity index (χ2v) is 26.3. The van der Waals surface area contributed by atoms with Gasteiger partial charge in [-0.3, -0.25) is 43.7 Å². The number of benzene rings is 6. The summed E-state index contributed by atoms with van der Waals surface area (Å²) < 4.78 is 67.6. The number of carbonyl (C=O) groups is 7. The molecule has 0 saturated carbocycles. The molecule has 6 amide bonds. The number of methoxy groups -OCH3 is 3. The number of fused-ring (bicyclic) bond motifs is 3. The van der Waals surface area contributed by atoms with E-state index >= 15 is 13.2 Å². The van der Waals surface area contributed by atoms with E-state index < -0.39 is 69.8 Å². The first-order chi connectivity index (χ1) is 51.1. The van der Waals surface area contributed by atoms with E-state index in [1.54, 1.807) is 91.0 Å². The van der Waals surface area contributed by atoms with Crippen LogP contribution in [-0.2, 0) is 79.8 Å². The molecule has 546 valence electrons. The fourth-order valence-corrected chi connectivity index (χ4v) is 13.3. The zero-order chi connectivity index (χ0) is 76.2. The van der Waals surface area contributed by atoms with Crippen molar-refractivity contribution in [3.8, 4) is 17.2 Å². The molecular weight excluding hydrogens is 1370 g/mol. The van der Waals surface area contributed by atoms with Gasteiger partial charge >= 0.3 is 12.1 Å². The van der Waals surface area contributed by atoms with Gasteiger partial charge in [0.2, 0.25) is 17.7 Å². The normalized spacial score (nSPS) is 13.3. The fourth-order valence-electron chi connectivity index (χ4n) is 13.3. The molecule has 23 nitrogen and oxygen atoms in total. The summed E-state index contributed by atoms with van der Waals surface area (Å²) in [4.78, 5) is 125. The maximum atomic E-state index is 15.1. The Labute approximate surface area is 611 Å². The largest absolute Gasteiger partial charge is 0.497 e. The number of nitrogens with one attached hydrogen (secondary N) is 9. The van der Waals surface area contributed by atoms with Crippen molar-refractivity contribution in [2.45, 2.75) is 89.2 Å². The van der Waals surface area contributed by atoms with Crippen molar-refractivity contribution in [3.63, 3.8) is 0 Å². The highest BCUT2D eigenvalue weighted by molar-refractivity contribution is 6.04. The van der Waals surface area contributed by atoms with E-state index in [1.807, 2.05) is 39.0 Å². The Kier molecular flexibility index (Phi) is 20.6. The number of esters is 1. The standard InChI is InChI=1S/C81H75F3N12O11/c1-46-58(61-40-55(104-7)31-34-64(61)88-46)43-70(97)94-77(4,67-16-10-13-37-85-67)73(100)91-52-25-19-49(20-26-52)80(107-76(103)81(82,83)84,50-21-27-53(28-22-50)92-74(101)78(5,68-17-11-14-38-86-68)95-71(98)44-59-47(2)89-65-35-32-56(105-8)41-62(59)65)51-23-29-54(30-24-51)93-75(102)79(6,69-18-12-15-39-87-69)96-72(99)45-60-48(3)90-66-36-33-57(106-9)42-63(60)66/h10-42,88-90H,43-45H2,1-9H3,(H,91,100)(H,92,101)(H,93,102)(H,94,97)(H,95,98)(H,96,99)/t77-,78-,79-/m1/s1. The molecule has 0 fully saturated rings. The maximum absolute atomic E-state index is 15.1. The number of nitrogens with zero attached hydrogens (tertiary/aromatic N) is 3. The topological polar surface area (TPSA) is 315 Å². The van der Waals surface area contributed by atoms with Gasteiger partial charge in [-0.25, -0.2) is 4.79 Å². The lowest BCUT2D eigenvalue weighted by molar-refractivity contribution is -0.209. The molecule has 0 aliphatic heterocycles. The predicted octanol–water partition coefficient (Wildman–Crippen LogP) is 12.3. The van der Waals surface area contributed by atoms with Gasteiger partial charge in [-0.2, -0.15) is 13.2 Å². The average Bonchev–Trinajstić information content (AvgIpc) is 1.62. The molecule has 12 aromatic rings. The van der Waals surface area contributed by atoms with Crippen LogP contribution in [-0.4, -0.2) is 98.8 Å². The molecule has 0 aliphatic carbocycles. The summed E-state index contributed by atoms with van der Waals surface area (Å²) >= 11 is 0. The summed E-state index contributed by atoms with van der Waals surface area (Å²) in [7, 11) is 4.59. The van der Waals surface area contributed by atoms with Crippen LogP contribution in [0.4, 0.5) is 30.2 Å². The van der Waals surface area contributed by atoms with Crippen LogP contribution < -0.4 is 46.1 Å². The molecule has 6 aromatic carbocycles. The van der Waals surface area contributed by atoms with Gasteiger partial charge < -0.3 is 65.8 Å². The highest BCUT2D eigenvalue weighted by atomic mass is 19.4. The van der Waals surface area contributed by atoms with Crippen LogP contribution in [0.3, 0.4) is 0 Å². The summed E-state index contributed by atoms with van der Waals surface area (Å²) in [5.41, 5.74) is -1.40. The molecule has 0 unspecified atom stereocenters. The number of H-pyrrole nitrogens is 3. The molecule has 9 N–H and O–H groups in total. The molecule has 6 aromatic heterocycles. The third-order valence-corrected chi connectivity index (χ3v) is 19.2. The zero-order valence-electron chi connectivity index (χ0n) is 59.6. The van der Waals surface area contributed by atoms with Gasteiger partial charge in [0.25, 0.3) is 17.7 Å². The van der Waals surface area contributed by atoms with E-state index in [-0.39, 0.29) is 70.1 Å². The lowest BCUT2D eigenvalue weighted by atomic mass is 9.79. The molecule has 0 spiro atoms. The molecule has 12 rings (SSSR count). The number of rotatable bonds is 25. The number of pyridine rings is 3. The van der Waals surface area contributed by atoms with Crippen LogP contribution in [0, 0.1) is 20.8 Å². The van der Waals surface area contributed by atoms with Crippen molar-refractivity contribution in [2.24, 2.45) is 0 Å². The molecule has 0 bridgehead atoms. The van der Waals surface area contributed by atoms with Gasteiger partial charge in [0, 0.05) is 102 Å². The highest BCUT2D eigenvalue weighted by Crippen LogP contribution is 2.44. The molecule has 3 atom stereocenters. The lowest BCUT2D eigenvalue weighted by Crippen LogP contribution is -2.53. The van der Waals surface area contributed by atoms with Gasteiger partial charge in [0.1, 0.15) is 17.2 Å². The molecular formula is C81H75F3N12O11. The number of halogens is 3. The molecule has 0 saturated heterocycles. The van der Waals surface area contributed by atoms with E-state index in [2.05, 4.69) is 61.8 Å². The first-order valence-electron chi connectivity index (χ1n) is 33.9. The predicted molar refractivity (Wildman–Crippen MR) is 396 cm³/mol. The summed E-state index contributed by atoms with van der Waals surface area (Å²) in [5, 5.41) is 19.4. The van der Waals surface area contributed by atoms with E-state index in [1.165, 1.54) is 133 Å². The minimum atomic E-state index is -5.61. The Bertz CT molecular complexity index is 4860. The van der Waals surface area contributed by atoms with Crippen molar-refractivity contribution in [1.29, 1.82) is 0 Å². The number of alkyl halides is 3. The van der Waals surface area contributed by atoms with Crippen molar-refractivity contribution >= 4 is 91.2 Å². The summed E-state index contributed by atoms with van der Waals surface area (Å²) in [6, 6.07) is 47.0. The summed E-state index contributed by atoms with van der Waals surface area (Å²) in [5.74, 6) is -4.87. The van der Waals surface area contributed by atoms with Gasteiger partial charge in [-0.15, -0.1) is 0 Å². The molecule has 6 heterocycles. The Hall–Kier alpha value is -13.1.